The maximum atomic E-state index is 11.8. The summed E-state index contributed by atoms with van der Waals surface area (Å²) in [6.45, 7) is 0. The Hall–Kier alpha value is -1.97. The number of carbonyl (C=O) groups excluding carboxylic acids is 1. The van der Waals surface area contributed by atoms with Crippen molar-refractivity contribution in [2.75, 3.05) is 12.9 Å². The van der Waals surface area contributed by atoms with Gasteiger partial charge in [0.1, 0.15) is 11.8 Å². The Labute approximate surface area is 134 Å². The topological polar surface area (TPSA) is 130 Å². The molecule has 0 spiro atoms. The zero-order chi connectivity index (χ0) is 17.5. The standard InChI is InChI=1S/C14H19NO7S/c1-22-12(10-5-3-2-4-6-10)7-8-13(16)15-11(14(17)18)9-23(19,20)21/h2-6,11-12H,7-9H2,1H3,(H,15,16)(H,17,18)(H,19,20,21)/t11-,12?/m0/s1. The Kier molecular flexibility index (Phi) is 7.14. The first kappa shape index (κ1) is 19.1. The van der Waals surface area contributed by atoms with E-state index in [0.717, 1.165) is 5.56 Å². The molecule has 0 aromatic heterocycles. The first-order valence-electron chi connectivity index (χ1n) is 6.78. The van der Waals surface area contributed by atoms with Crippen molar-refractivity contribution in [3.63, 3.8) is 0 Å². The molecule has 0 aliphatic heterocycles. The molecule has 2 atom stereocenters. The second-order valence-electron chi connectivity index (χ2n) is 4.88. The third-order valence-electron chi connectivity index (χ3n) is 3.10. The van der Waals surface area contributed by atoms with E-state index in [1.165, 1.54) is 7.11 Å². The Balaban J connectivity index is 2.59. The van der Waals surface area contributed by atoms with Gasteiger partial charge in [0.15, 0.2) is 0 Å². The number of nitrogens with one attached hydrogen (secondary N) is 1. The zero-order valence-electron chi connectivity index (χ0n) is 12.5. The number of hydrogen-bond acceptors (Lipinski definition) is 5. The van der Waals surface area contributed by atoms with Crippen LogP contribution >= 0.6 is 0 Å². The number of methoxy groups -OCH3 is 1. The molecule has 23 heavy (non-hydrogen) atoms. The van der Waals surface area contributed by atoms with E-state index in [1.807, 2.05) is 30.3 Å². The molecule has 0 aliphatic rings. The summed E-state index contributed by atoms with van der Waals surface area (Å²) in [5.41, 5.74) is 0.871. The predicted molar refractivity (Wildman–Crippen MR) is 81.4 cm³/mol. The number of ether oxygens (including phenoxy) is 1. The van der Waals surface area contributed by atoms with Gasteiger partial charge in [-0.3, -0.25) is 9.35 Å². The molecule has 0 radical (unpaired) electrons. The van der Waals surface area contributed by atoms with Gasteiger partial charge in [-0.2, -0.15) is 8.42 Å². The van der Waals surface area contributed by atoms with Gasteiger partial charge in [0.2, 0.25) is 5.91 Å². The fourth-order valence-corrected chi connectivity index (χ4v) is 2.65. The Morgan fingerprint density at radius 1 is 1.26 bits per heavy atom. The van der Waals surface area contributed by atoms with Crippen LogP contribution in [-0.4, -0.2) is 48.9 Å². The molecule has 1 amide bonds. The van der Waals surface area contributed by atoms with Crippen molar-refractivity contribution < 1.29 is 32.4 Å². The van der Waals surface area contributed by atoms with E-state index < -0.39 is 33.8 Å². The lowest BCUT2D eigenvalue weighted by Gasteiger charge is -2.17. The van der Waals surface area contributed by atoms with Crippen molar-refractivity contribution >= 4 is 22.0 Å². The molecule has 0 heterocycles. The van der Waals surface area contributed by atoms with Crippen molar-refractivity contribution in [3.8, 4) is 0 Å². The van der Waals surface area contributed by atoms with Gasteiger partial charge < -0.3 is 15.2 Å². The van der Waals surface area contributed by atoms with E-state index >= 15 is 0 Å². The molecule has 0 fully saturated rings. The SMILES string of the molecule is COC(CCC(=O)N[C@@H](CS(=O)(=O)O)C(=O)O)c1ccccc1. The summed E-state index contributed by atoms with van der Waals surface area (Å²) in [6, 6.07) is 7.47. The lowest BCUT2D eigenvalue weighted by molar-refractivity contribution is -0.141. The minimum Gasteiger partial charge on any atom is -0.480 e. The quantitative estimate of drug-likeness (QED) is 0.559. The van der Waals surface area contributed by atoms with Crippen LogP contribution in [0.4, 0.5) is 0 Å². The summed E-state index contributed by atoms with van der Waals surface area (Å²) in [7, 11) is -3.02. The highest BCUT2D eigenvalue weighted by Gasteiger charge is 2.26. The van der Waals surface area contributed by atoms with E-state index in [-0.39, 0.29) is 12.5 Å². The predicted octanol–water partition coefficient (Wildman–Crippen LogP) is 0.612. The summed E-state index contributed by atoms with van der Waals surface area (Å²) in [4.78, 5) is 22.7. The Morgan fingerprint density at radius 3 is 2.35 bits per heavy atom. The highest BCUT2D eigenvalue weighted by atomic mass is 32.2. The fraction of sp³-hybridized carbons (Fsp3) is 0.429. The van der Waals surface area contributed by atoms with Crippen LogP contribution in [0.5, 0.6) is 0 Å². The molecular weight excluding hydrogens is 326 g/mol. The van der Waals surface area contributed by atoms with Gasteiger partial charge >= 0.3 is 5.97 Å². The maximum absolute atomic E-state index is 11.8. The summed E-state index contributed by atoms with van der Waals surface area (Å²) in [6.07, 6.45) is -0.0977. The third kappa shape index (κ3) is 7.22. The van der Waals surface area contributed by atoms with Gasteiger partial charge in [-0.1, -0.05) is 30.3 Å². The molecule has 0 bridgehead atoms. The van der Waals surface area contributed by atoms with Crippen molar-refractivity contribution in [2.45, 2.75) is 25.0 Å². The first-order chi connectivity index (χ1) is 10.7. The van der Waals surface area contributed by atoms with Crippen LogP contribution in [0.2, 0.25) is 0 Å². The number of hydrogen-bond donors (Lipinski definition) is 3. The average molecular weight is 345 g/mol. The number of carboxylic acids is 1. The van der Waals surface area contributed by atoms with Crippen LogP contribution in [0.15, 0.2) is 30.3 Å². The van der Waals surface area contributed by atoms with Crippen LogP contribution in [0, 0.1) is 0 Å². The van der Waals surface area contributed by atoms with E-state index in [0.29, 0.717) is 6.42 Å². The lowest BCUT2D eigenvalue weighted by Crippen LogP contribution is -2.45. The monoisotopic (exact) mass is 345 g/mol. The molecule has 1 aromatic rings. The Bertz CT molecular complexity index is 630. The second-order valence-corrected chi connectivity index (χ2v) is 6.38. The number of rotatable bonds is 9. The molecule has 0 saturated heterocycles. The second kappa shape index (κ2) is 8.61. The van der Waals surface area contributed by atoms with E-state index in [1.54, 1.807) is 0 Å². The van der Waals surface area contributed by atoms with Gasteiger partial charge in [0.05, 0.1) is 6.10 Å². The largest absolute Gasteiger partial charge is 0.480 e. The molecule has 1 rings (SSSR count). The molecule has 8 nitrogen and oxygen atoms in total. The third-order valence-corrected chi connectivity index (χ3v) is 3.85. The normalized spacial score (nSPS) is 14.0. The van der Waals surface area contributed by atoms with Gasteiger partial charge in [0, 0.05) is 13.5 Å². The average Bonchev–Trinajstić information content (AvgIpc) is 2.47. The van der Waals surface area contributed by atoms with Crippen molar-refractivity contribution in [2.24, 2.45) is 0 Å². The minimum absolute atomic E-state index is 0.0529. The van der Waals surface area contributed by atoms with Crippen LogP contribution in [0.3, 0.4) is 0 Å². The van der Waals surface area contributed by atoms with Gasteiger partial charge in [0.25, 0.3) is 10.1 Å². The maximum Gasteiger partial charge on any atom is 0.327 e. The molecule has 1 aromatic carbocycles. The number of carboxylic acid groups (broad SMARTS) is 1. The number of carbonyl (C=O) groups is 2. The fourth-order valence-electron chi connectivity index (χ4n) is 2.00. The molecule has 0 aliphatic carbocycles. The van der Waals surface area contributed by atoms with Crippen LogP contribution < -0.4 is 5.32 Å². The summed E-state index contributed by atoms with van der Waals surface area (Å²) in [5, 5.41) is 10.9. The van der Waals surface area contributed by atoms with Crippen LogP contribution in [-0.2, 0) is 24.4 Å². The smallest absolute Gasteiger partial charge is 0.327 e. The van der Waals surface area contributed by atoms with Crippen LogP contribution in [0.1, 0.15) is 24.5 Å². The molecule has 1 unspecified atom stereocenters. The molecular formula is C14H19NO7S. The van der Waals surface area contributed by atoms with Crippen molar-refractivity contribution in [1.82, 2.24) is 5.32 Å². The molecule has 3 N–H and O–H groups in total. The lowest BCUT2D eigenvalue weighted by atomic mass is 10.0. The van der Waals surface area contributed by atoms with E-state index in [9.17, 15) is 18.0 Å². The summed E-state index contributed by atoms with van der Waals surface area (Å²) in [5.74, 6) is -3.26. The number of aliphatic carboxylic acids is 1. The molecule has 9 heteroatoms. The summed E-state index contributed by atoms with van der Waals surface area (Å²) < 4.78 is 35.5. The zero-order valence-corrected chi connectivity index (χ0v) is 13.3. The van der Waals surface area contributed by atoms with Gasteiger partial charge in [-0.05, 0) is 12.0 Å². The first-order valence-corrected chi connectivity index (χ1v) is 8.39. The van der Waals surface area contributed by atoms with E-state index in [4.69, 9.17) is 14.4 Å². The Morgan fingerprint density at radius 2 is 1.87 bits per heavy atom. The summed E-state index contributed by atoms with van der Waals surface area (Å²) >= 11 is 0. The van der Waals surface area contributed by atoms with Gasteiger partial charge in [-0.25, -0.2) is 4.79 Å². The van der Waals surface area contributed by atoms with Gasteiger partial charge in [-0.15, -0.1) is 0 Å². The van der Waals surface area contributed by atoms with Crippen LogP contribution in [0.25, 0.3) is 0 Å². The molecule has 0 saturated carbocycles. The minimum atomic E-state index is -4.51. The highest BCUT2D eigenvalue weighted by molar-refractivity contribution is 7.85. The highest BCUT2D eigenvalue weighted by Crippen LogP contribution is 2.21. The van der Waals surface area contributed by atoms with Crippen molar-refractivity contribution in [1.29, 1.82) is 0 Å². The molecule has 128 valence electrons. The van der Waals surface area contributed by atoms with E-state index in [2.05, 4.69) is 5.32 Å². The number of benzene rings is 1. The number of amides is 1. The van der Waals surface area contributed by atoms with Crippen molar-refractivity contribution in [3.05, 3.63) is 35.9 Å².